The van der Waals surface area contributed by atoms with Crippen LogP contribution in [-0.4, -0.2) is 13.1 Å². The van der Waals surface area contributed by atoms with Crippen molar-refractivity contribution in [1.29, 1.82) is 0 Å². The van der Waals surface area contributed by atoms with E-state index in [1.807, 2.05) is 13.1 Å². The van der Waals surface area contributed by atoms with Gasteiger partial charge in [-0.1, -0.05) is 38.8 Å². The van der Waals surface area contributed by atoms with Gasteiger partial charge in [0.15, 0.2) is 0 Å². The molecular formula is C15H24FN. The van der Waals surface area contributed by atoms with Crippen LogP contribution in [0.5, 0.6) is 0 Å². The number of nitrogens with one attached hydrogen (secondary N) is 1. The highest BCUT2D eigenvalue weighted by Crippen LogP contribution is 2.17. The van der Waals surface area contributed by atoms with Crippen molar-refractivity contribution in [2.24, 2.45) is 5.92 Å². The average molecular weight is 237 g/mol. The van der Waals surface area contributed by atoms with E-state index in [2.05, 4.69) is 19.2 Å². The van der Waals surface area contributed by atoms with E-state index in [1.54, 1.807) is 12.1 Å². The van der Waals surface area contributed by atoms with Gasteiger partial charge in [-0.2, -0.15) is 0 Å². The van der Waals surface area contributed by atoms with Crippen LogP contribution in [0.15, 0.2) is 24.3 Å². The molecule has 0 spiro atoms. The molecule has 1 N–H and O–H groups in total. The van der Waals surface area contributed by atoms with E-state index in [0.29, 0.717) is 6.04 Å². The maximum Gasteiger partial charge on any atom is 0.123 e. The number of halogens is 1. The molecule has 1 aromatic rings. The minimum absolute atomic E-state index is 0.139. The number of hydrogen-bond acceptors (Lipinski definition) is 1. The Morgan fingerprint density at radius 2 is 1.94 bits per heavy atom. The molecule has 17 heavy (non-hydrogen) atoms. The third-order valence-corrected chi connectivity index (χ3v) is 3.55. The van der Waals surface area contributed by atoms with E-state index >= 15 is 0 Å². The van der Waals surface area contributed by atoms with Crippen LogP contribution < -0.4 is 5.32 Å². The zero-order chi connectivity index (χ0) is 12.7. The van der Waals surface area contributed by atoms with Gasteiger partial charge >= 0.3 is 0 Å². The van der Waals surface area contributed by atoms with Crippen LogP contribution in [0.3, 0.4) is 0 Å². The van der Waals surface area contributed by atoms with Crippen LogP contribution in [0.25, 0.3) is 0 Å². The summed E-state index contributed by atoms with van der Waals surface area (Å²) < 4.78 is 13.1. The molecule has 1 rings (SSSR count). The highest BCUT2D eigenvalue weighted by atomic mass is 19.1. The first kappa shape index (κ1) is 14.2. The van der Waals surface area contributed by atoms with Crippen molar-refractivity contribution in [3.05, 3.63) is 35.6 Å². The Hall–Kier alpha value is -0.890. The third kappa shape index (κ3) is 4.86. The van der Waals surface area contributed by atoms with Crippen LogP contribution in [0, 0.1) is 11.7 Å². The number of hydrogen-bond donors (Lipinski definition) is 1. The topological polar surface area (TPSA) is 12.0 Å². The van der Waals surface area contributed by atoms with Crippen molar-refractivity contribution in [3.8, 4) is 0 Å². The molecular weight excluding hydrogens is 213 g/mol. The van der Waals surface area contributed by atoms with Gasteiger partial charge in [0.05, 0.1) is 0 Å². The zero-order valence-corrected chi connectivity index (χ0v) is 11.2. The van der Waals surface area contributed by atoms with Gasteiger partial charge in [-0.05, 0) is 43.5 Å². The van der Waals surface area contributed by atoms with Crippen molar-refractivity contribution < 1.29 is 4.39 Å². The minimum atomic E-state index is -0.139. The summed E-state index contributed by atoms with van der Waals surface area (Å²) in [5.41, 5.74) is 1.08. The number of rotatable bonds is 7. The van der Waals surface area contributed by atoms with Gasteiger partial charge in [0.2, 0.25) is 0 Å². The average Bonchev–Trinajstić information content (AvgIpc) is 2.34. The first-order valence-corrected chi connectivity index (χ1v) is 6.61. The second-order valence-electron chi connectivity index (χ2n) is 4.74. The predicted octanol–water partition coefficient (Wildman–Crippen LogP) is 3.78. The van der Waals surface area contributed by atoms with E-state index in [-0.39, 0.29) is 5.82 Å². The number of likely N-dealkylation sites (N-methyl/N-ethyl adjacent to an activating group) is 1. The van der Waals surface area contributed by atoms with Crippen LogP contribution in [0.2, 0.25) is 0 Å². The van der Waals surface area contributed by atoms with E-state index in [0.717, 1.165) is 17.9 Å². The lowest BCUT2D eigenvalue weighted by Gasteiger charge is -2.21. The third-order valence-electron chi connectivity index (χ3n) is 3.55. The standard InChI is InChI=1S/C15H24FN/c1-4-12(5-2)10-15(17-3)11-13-7-6-8-14(16)9-13/h6-9,12,15,17H,4-5,10-11H2,1-3H3. The quantitative estimate of drug-likeness (QED) is 0.761. The highest BCUT2D eigenvalue weighted by molar-refractivity contribution is 5.17. The summed E-state index contributed by atoms with van der Waals surface area (Å²) >= 11 is 0. The molecule has 0 aromatic heterocycles. The van der Waals surface area contributed by atoms with E-state index in [4.69, 9.17) is 0 Å². The monoisotopic (exact) mass is 237 g/mol. The summed E-state index contributed by atoms with van der Waals surface area (Å²) in [4.78, 5) is 0. The molecule has 0 heterocycles. The molecule has 1 nitrogen and oxygen atoms in total. The van der Waals surface area contributed by atoms with Crippen LogP contribution in [0.1, 0.15) is 38.7 Å². The fraction of sp³-hybridized carbons (Fsp3) is 0.600. The summed E-state index contributed by atoms with van der Waals surface area (Å²) in [6.07, 6.45) is 4.51. The Kier molecular flexibility index (Phi) is 6.20. The Bertz CT molecular complexity index is 320. The largest absolute Gasteiger partial charge is 0.317 e. The van der Waals surface area contributed by atoms with Gasteiger partial charge in [-0.3, -0.25) is 0 Å². The van der Waals surface area contributed by atoms with Gasteiger partial charge in [-0.15, -0.1) is 0 Å². The lowest BCUT2D eigenvalue weighted by Crippen LogP contribution is -2.30. The second-order valence-corrected chi connectivity index (χ2v) is 4.74. The van der Waals surface area contributed by atoms with Gasteiger partial charge < -0.3 is 5.32 Å². The molecule has 1 aromatic carbocycles. The lowest BCUT2D eigenvalue weighted by atomic mass is 9.91. The fourth-order valence-corrected chi connectivity index (χ4v) is 2.28. The molecule has 1 unspecified atom stereocenters. The van der Waals surface area contributed by atoms with Gasteiger partial charge in [0, 0.05) is 6.04 Å². The molecule has 0 fully saturated rings. The fourth-order valence-electron chi connectivity index (χ4n) is 2.28. The first-order chi connectivity index (χ1) is 8.19. The zero-order valence-electron chi connectivity index (χ0n) is 11.2. The molecule has 0 radical (unpaired) electrons. The lowest BCUT2D eigenvalue weighted by molar-refractivity contribution is 0.377. The van der Waals surface area contributed by atoms with Crippen LogP contribution in [0.4, 0.5) is 4.39 Å². The Labute approximate surface area is 104 Å². The first-order valence-electron chi connectivity index (χ1n) is 6.61. The molecule has 0 amide bonds. The van der Waals surface area contributed by atoms with Crippen LogP contribution in [-0.2, 0) is 6.42 Å². The molecule has 0 aliphatic rings. The van der Waals surface area contributed by atoms with Gasteiger partial charge in [-0.25, -0.2) is 4.39 Å². The molecule has 96 valence electrons. The van der Waals surface area contributed by atoms with Crippen molar-refractivity contribution in [2.75, 3.05) is 7.05 Å². The Morgan fingerprint density at radius 3 is 2.47 bits per heavy atom. The molecule has 0 saturated heterocycles. The molecule has 2 heteroatoms. The summed E-state index contributed by atoms with van der Waals surface area (Å²) in [5.74, 6) is 0.626. The maximum absolute atomic E-state index is 13.1. The SMILES string of the molecule is CCC(CC)CC(Cc1cccc(F)c1)NC. The molecule has 0 aliphatic carbocycles. The summed E-state index contributed by atoms with van der Waals surface area (Å²) in [6.45, 7) is 4.48. The van der Waals surface area contributed by atoms with E-state index in [1.165, 1.54) is 25.3 Å². The van der Waals surface area contributed by atoms with Crippen molar-refractivity contribution in [1.82, 2.24) is 5.32 Å². The van der Waals surface area contributed by atoms with E-state index in [9.17, 15) is 4.39 Å². The summed E-state index contributed by atoms with van der Waals surface area (Å²) in [6, 6.07) is 7.37. The second kappa shape index (κ2) is 7.44. The summed E-state index contributed by atoms with van der Waals surface area (Å²) in [5, 5.41) is 3.35. The minimum Gasteiger partial charge on any atom is -0.317 e. The Morgan fingerprint density at radius 1 is 1.24 bits per heavy atom. The summed E-state index contributed by atoms with van der Waals surface area (Å²) in [7, 11) is 1.99. The molecule has 1 atom stereocenters. The van der Waals surface area contributed by atoms with Gasteiger partial charge in [0.1, 0.15) is 5.82 Å². The molecule has 0 aliphatic heterocycles. The van der Waals surface area contributed by atoms with Crippen molar-refractivity contribution in [3.63, 3.8) is 0 Å². The molecule has 0 saturated carbocycles. The maximum atomic E-state index is 13.1. The predicted molar refractivity (Wildman–Crippen MR) is 71.6 cm³/mol. The normalized spacial score (nSPS) is 13.0. The molecule has 0 bridgehead atoms. The van der Waals surface area contributed by atoms with E-state index < -0.39 is 0 Å². The smallest absolute Gasteiger partial charge is 0.123 e. The number of benzene rings is 1. The van der Waals surface area contributed by atoms with Crippen molar-refractivity contribution >= 4 is 0 Å². The van der Waals surface area contributed by atoms with Crippen LogP contribution >= 0.6 is 0 Å². The highest BCUT2D eigenvalue weighted by Gasteiger charge is 2.13. The Balaban J connectivity index is 2.57. The van der Waals surface area contributed by atoms with Crippen molar-refractivity contribution in [2.45, 2.75) is 45.6 Å². The van der Waals surface area contributed by atoms with Gasteiger partial charge in [0.25, 0.3) is 0 Å².